The maximum atomic E-state index is 13.6. The zero-order chi connectivity index (χ0) is 12.5. The first-order valence-electron chi connectivity index (χ1n) is 6.55. The molecule has 2 fully saturated rings. The molecule has 2 rings (SSSR count). The minimum Gasteiger partial charge on any atom is -0.378 e. The summed E-state index contributed by atoms with van der Waals surface area (Å²) in [6, 6.07) is 0. The van der Waals surface area contributed by atoms with Crippen LogP contribution < -0.4 is 0 Å². The fraction of sp³-hybridized carbons (Fsp3) is 1.00. The van der Waals surface area contributed by atoms with Gasteiger partial charge in [-0.15, -0.1) is 0 Å². The predicted octanol–water partition coefficient (Wildman–Crippen LogP) is 1.86. The van der Waals surface area contributed by atoms with Crippen LogP contribution in [-0.4, -0.2) is 56.6 Å². The lowest BCUT2D eigenvalue weighted by Crippen LogP contribution is -2.32. The SMILES string of the molecule is CO[C@H]1CN(CC2(COC(C)C)CC2)C[C@H]1F. The molecule has 0 radical (unpaired) electrons. The van der Waals surface area contributed by atoms with Crippen molar-refractivity contribution >= 4 is 0 Å². The van der Waals surface area contributed by atoms with Gasteiger partial charge in [0.25, 0.3) is 0 Å². The van der Waals surface area contributed by atoms with Crippen molar-refractivity contribution in [2.75, 3.05) is 33.4 Å². The minimum atomic E-state index is -0.832. The number of nitrogens with zero attached hydrogens (tertiary/aromatic N) is 1. The molecule has 3 nitrogen and oxygen atoms in total. The van der Waals surface area contributed by atoms with Crippen LogP contribution in [0.3, 0.4) is 0 Å². The van der Waals surface area contributed by atoms with Gasteiger partial charge in [-0.05, 0) is 26.7 Å². The number of hydrogen-bond acceptors (Lipinski definition) is 3. The molecule has 0 spiro atoms. The summed E-state index contributed by atoms with van der Waals surface area (Å²) in [6.07, 6.45) is 1.64. The van der Waals surface area contributed by atoms with Crippen LogP contribution >= 0.6 is 0 Å². The van der Waals surface area contributed by atoms with E-state index < -0.39 is 6.17 Å². The molecule has 17 heavy (non-hydrogen) atoms. The van der Waals surface area contributed by atoms with Crippen LogP contribution in [-0.2, 0) is 9.47 Å². The molecule has 0 amide bonds. The van der Waals surface area contributed by atoms with Crippen LogP contribution in [0.4, 0.5) is 4.39 Å². The molecule has 0 aromatic rings. The molecule has 2 atom stereocenters. The van der Waals surface area contributed by atoms with E-state index in [0.29, 0.717) is 12.0 Å². The van der Waals surface area contributed by atoms with Crippen molar-refractivity contribution in [3.8, 4) is 0 Å². The summed E-state index contributed by atoms with van der Waals surface area (Å²) in [6.45, 7) is 7.13. The van der Waals surface area contributed by atoms with Crippen molar-refractivity contribution in [2.45, 2.75) is 45.1 Å². The summed E-state index contributed by atoms with van der Waals surface area (Å²) in [4.78, 5) is 2.19. The first-order chi connectivity index (χ1) is 8.04. The van der Waals surface area contributed by atoms with Gasteiger partial charge in [-0.1, -0.05) is 0 Å². The third kappa shape index (κ3) is 3.39. The largest absolute Gasteiger partial charge is 0.378 e. The number of rotatable bonds is 6. The Morgan fingerprint density at radius 1 is 1.35 bits per heavy atom. The van der Waals surface area contributed by atoms with Gasteiger partial charge >= 0.3 is 0 Å². The predicted molar refractivity (Wildman–Crippen MR) is 64.9 cm³/mol. The van der Waals surface area contributed by atoms with Gasteiger partial charge in [0, 0.05) is 32.2 Å². The van der Waals surface area contributed by atoms with Gasteiger partial charge in [-0.3, -0.25) is 4.90 Å². The van der Waals surface area contributed by atoms with Crippen molar-refractivity contribution in [3.63, 3.8) is 0 Å². The Balaban J connectivity index is 1.77. The van der Waals surface area contributed by atoms with Crippen LogP contribution in [0, 0.1) is 5.41 Å². The molecule has 100 valence electrons. The second kappa shape index (κ2) is 5.21. The summed E-state index contributed by atoms with van der Waals surface area (Å²) in [5, 5.41) is 0. The van der Waals surface area contributed by atoms with E-state index in [-0.39, 0.29) is 12.2 Å². The van der Waals surface area contributed by atoms with Crippen molar-refractivity contribution in [1.82, 2.24) is 4.90 Å². The average molecular weight is 245 g/mol. The highest BCUT2D eigenvalue weighted by Crippen LogP contribution is 2.47. The number of methoxy groups -OCH3 is 1. The minimum absolute atomic E-state index is 0.239. The van der Waals surface area contributed by atoms with E-state index in [9.17, 15) is 4.39 Å². The molecule has 2 aliphatic rings. The van der Waals surface area contributed by atoms with E-state index in [1.165, 1.54) is 12.8 Å². The smallest absolute Gasteiger partial charge is 0.140 e. The highest BCUT2D eigenvalue weighted by Gasteiger charge is 2.46. The molecule has 0 bridgehead atoms. The Hall–Kier alpha value is -0.190. The Morgan fingerprint density at radius 2 is 2.06 bits per heavy atom. The molecular weight excluding hydrogens is 221 g/mol. The van der Waals surface area contributed by atoms with Crippen molar-refractivity contribution in [1.29, 1.82) is 0 Å². The highest BCUT2D eigenvalue weighted by atomic mass is 19.1. The fourth-order valence-electron chi connectivity index (χ4n) is 2.50. The molecule has 0 N–H and O–H groups in total. The lowest BCUT2D eigenvalue weighted by atomic mass is 10.1. The summed E-state index contributed by atoms with van der Waals surface area (Å²) < 4.78 is 24.4. The van der Waals surface area contributed by atoms with Crippen molar-refractivity contribution in [3.05, 3.63) is 0 Å². The highest BCUT2D eigenvalue weighted by molar-refractivity contribution is 4.98. The number of halogens is 1. The molecule has 0 aromatic carbocycles. The van der Waals surface area contributed by atoms with Crippen molar-refractivity contribution in [2.24, 2.45) is 5.41 Å². The first-order valence-corrected chi connectivity index (χ1v) is 6.55. The van der Waals surface area contributed by atoms with Crippen LogP contribution in [0.1, 0.15) is 26.7 Å². The van der Waals surface area contributed by atoms with E-state index in [0.717, 1.165) is 19.7 Å². The molecule has 1 saturated heterocycles. The second-order valence-corrected chi connectivity index (χ2v) is 5.84. The van der Waals surface area contributed by atoms with Gasteiger partial charge in [0.2, 0.25) is 0 Å². The fourth-order valence-corrected chi connectivity index (χ4v) is 2.50. The molecule has 1 heterocycles. The first kappa shape index (κ1) is 13.2. The van der Waals surface area contributed by atoms with Crippen molar-refractivity contribution < 1.29 is 13.9 Å². The van der Waals surface area contributed by atoms with E-state index in [2.05, 4.69) is 18.7 Å². The van der Waals surface area contributed by atoms with Crippen LogP contribution in [0.2, 0.25) is 0 Å². The number of likely N-dealkylation sites (tertiary alicyclic amines) is 1. The quantitative estimate of drug-likeness (QED) is 0.713. The molecule has 0 aromatic heterocycles. The van der Waals surface area contributed by atoms with E-state index in [4.69, 9.17) is 9.47 Å². The van der Waals surface area contributed by atoms with Gasteiger partial charge in [0.05, 0.1) is 12.7 Å². The van der Waals surface area contributed by atoms with E-state index in [1.54, 1.807) is 7.11 Å². The lowest BCUT2D eigenvalue weighted by Gasteiger charge is -2.23. The third-order valence-electron chi connectivity index (χ3n) is 3.82. The topological polar surface area (TPSA) is 21.7 Å². The second-order valence-electron chi connectivity index (χ2n) is 5.84. The van der Waals surface area contributed by atoms with Gasteiger partial charge in [-0.2, -0.15) is 0 Å². The molecule has 0 unspecified atom stereocenters. The third-order valence-corrected chi connectivity index (χ3v) is 3.82. The molecule has 1 aliphatic carbocycles. The Labute approximate surface area is 103 Å². The Bertz CT molecular complexity index is 256. The molecule has 4 heteroatoms. The molecule has 1 aliphatic heterocycles. The Kier molecular flexibility index (Phi) is 4.06. The van der Waals surface area contributed by atoms with E-state index >= 15 is 0 Å². The molecule has 1 saturated carbocycles. The van der Waals surface area contributed by atoms with Crippen LogP contribution in [0.5, 0.6) is 0 Å². The average Bonchev–Trinajstić information content (AvgIpc) is 2.94. The standard InChI is InChI=1S/C13H24FNO2/c1-10(2)17-9-13(4-5-13)8-15-6-11(14)12(7-15)16-3/h10-12H,4-9H2,1-3H3/t11-,12+/m1/s1. The maximum Gasteiger partial charge on any atom is 0.140 e. The number of alkyl halides is 1. The summed E-state index contributed by atoms with van der Waals surface area (Å²) in [5.74, 6) is 0. The maximum absolute atomic E-state index is 13.6. The summed E-state index contributed by atoms with van der Waals surface area (Å²) in [7, 11) is 1.59. The summed E-state index contributed by atoms with van der Waals surface area (Å²) >= 11 is 0. The van der Waals surface area contributed by atoms with Crippen LogP contribution in [0.15, 0.2) is 0 Å². The molecular formula is C13H24FNO2. The van der Waals surface area contributed by atoms with Gasteiger partial charge in [0.1, 0.15) is 12.3 Å². The van der Waals surface area contributed by atoms with Gasteiger partial charge in [0.15, 0.2) is 0 Å². The van der Waals surface area contributed by atoms with Gasteiger partial charge in [-0.25, -0.2) is 4.39 Å². The van der Waals surface area contributed by atoms with E-state index in [1.807, 2.05) is 0 Å². The zero-order valence-corrected chi connectivity index (χ0v) is 11.1. The zero-order valence-electron chi connectivity index (χ0n) is 11.1. The van der Waals surface area contributed by atoms with Gasteiger partial charge < -0.3 is 9.47 Å². The van der Waals surface area contributed by atoms with Crippen LogP contribution in [0.25, 0.3) is 0 Å². The summed E-state index contributed by atoms with van der Waals surface area (Å²) in [5.41, 5.74) is 0.298. The normalized spacial score (nSPS) is 32.3. The monoisotopic (exact) mass is 245 g/mol. The lowest BCUT2D eigenvalue weighted by molar-refractivity contribution is 0.0307. The number of hydrogen-bond donors (Lipinski definition) is 0. The Morgan fingerprint density at radius 3 is 2.53 bits per heavy atom. The number of ether oxygens (including phenoxy) is 2.